The number of hydrogen-bond donors (Lipinski definition) is 0. The maximum absolute atomic E-state index is 11.9. The van der Waals surface area contributed by atoms with Gasteiger partial charge in [0.15, 0.2) is 0 Å². The van der Waals surface area contributed by atoms with E-state index < -0.39 is 0 Å². The number of rotatable bonds is 7. The lowest BCUT2D eigenvalue weighted by Crippen LogP contribution is -2.09. The molecular weight excluding hydrogens is 280 g/mol. The lowest BCUT2D eigenvalue weighted by atomic mass is 10.1. The summed E-state index contributed by atoms with van der Waals surface area (Å²) in [6.45, 7) is 6.96. The van der Waals surface area contributed by atoms with E-state index >= 15 is 0 Å². The molecule has 0 amide bonds. The highest BCUT2D eigenvalue weighted by atomic mass is 79.9. The molecule has 1 aromatic heterocycles. The van der Waals surface area contributed by atoms with Crippen molar-refractivity contribution in [3.05, 3.63) is 15.9 Å². The van der Waals surface area contributed by atoms with Gasteiger partial charge in [0.25, 0.3) is 0 Å². The van der Waals surface area contributed by atoms with Crippen molar-refractivity contribution in [2.75, 3.05) is 0 Å². The summed E-state index contributed by atoms with van der Waals surface area (Å²) >= 11 is 3.52. The van der Waals surface area contributed by atoms with Crippen molar-refractivity contribution in [2.45, 2.75) is 59.4 Å². The molecule has 0 saturated heterocycles. The molecule has 0 aliphatic carbocycles. The summed E-state index contributed by atoms with van der Waals surface area (Å²) in [5.74, 6) is 0.314. The Bertz CT molecular complexity index is 385. The van der Waals surface area contributed by atoms with Crippen molar-refractivity contribution in [2.24, 2.45) is 0 Å². The number of halogens is 1. The molecule has 0 saturated carbocycles. The average Bonchev–Trinajstić information content (AvgIpc) is 2.57. The number of Topliss-reactive ketones (excluding diaryl/α,β-unsaturated/α-hetero) is 1. The summed E-state index contributed by atoms with van der Waals surface area (Å²) in [5.41, 5.74) is 1.98. The van der Waals surface area contributed by atoms with Gasteiger partial charge in [-0.15, -0.1) is 0 Å². The predicted octanol–water partition coefficient (Wildman–Crippen LogP) is 3.67. The number of unbranched alkanes of at least 4 members (excludes halogenated alkanes) is 2. The van der Waals surface area contributed by atoms with Crippen LogP contribution in [0.1, 0.15) is 50.9 Å². The third kappa shape index (κ3) is 3.95. The van der Waals surface area contributed by atoms with Gasteiger partial charge >= 0.3 is 0 Å². The molecule has 0 aliphatic heterocycles. The minimum absolute atomic E-state index is 0.314. The van der Waals surface area contributed by atoms with Crippen LogP contribution in [0.2, 0.25) is 0 Å². The monoisotopic (exact) mass is 300 g/mol. The zero-order valence-electron chi connectivity index (χ0n) is 10.9. The fourth-order valence-corrected chi connectivity index (χ4v) is 2.31. The molecule has 17 heavy (non-hydrogen) atoms. The number of carbonyl (C=O) groups is 1. The molecule has 0 unspecified atom stereocenters. The predicted molar refractivity (Wildman–Crippen MR) is 73.2 cm³/mol. The highest BCUT2D eigenvalue weighted by molar-refractivity contribution is 9.10. The minimum Gasteiger partial charge on any atom is -0.299 e. The Morgan fingerprint density at radius 1 is 1.35 bits per heavy atom. The molecule has 0 bridgehead atoms. The quantitative estimate of drug-likeness (QED) is 0.720. The fraction of sp³-hybridized carbons (Fsp3) is 0.692. The van der Waals surface area contributed by atoms with E-state index in [1.54, 1.807) is 0 Å². The summed E-state index contributed by atoms with van der Waals surface area (Å²) in [4.78, 5) is 11.9. The van der Waals surface area contributed by atoms with E-state index in [9.17, 15) is 4.79 Å². The second-order valence-electron chi connectivity index (χ2n) is 4.33. The van der Waals surface area contributed by atoms with Crippen LogP contribution in [0.5, 0.6) is 0 Å². The molecule has 0 radical (unpaired) electrons. The van der Waals surface area contributed by atoms with Crippen LogP contribution in [0, 0.1) is 6.92 Å². The lowest BCUT2D eigenvalue weighted by Gasteiger charge is -2.04. The molecule has 96 valence electrons. The third-order valence-electron chi connectivity index (χ3n) is 2.88. The van der Waals surface area contributed by atoms with Gasteiger partial charge in [0.2, 0.25) is 0 Å². The van der Waals surface area contributed by atoms with E-state index in [-0.39, 0.29) is 0 Å². The van der Waals surface area contributed by atoms with Crippen molar-refractivity contribution in [1.29, 1.82) is 0 Å². The van der Waals surface area contributed by atoms with Crippen molar-refractivity contribution in [3.63, 3.8) is 0 Å². The van der Waals surface area contributed by atoms with E-state index in [4.69, 9.17) is 0 Å². The SMILES string of the molecule is CCCCCC(=O)Cc1c(Br)c(C)nn1CC. The zero-order chi connectivity index (χ0) is 12.8. The molecule has 0 aliphatic rings. The van der Waals surface area contributed by atoms with Gasteiger partial charge in [-0.1, -0.05) is 19.8 Å². The number of carbonyl (C=O) groups excluding carboxylic acids is 1. The van der Waals surface area contributed by atoms with Gasteiger partial charge in [-0.2, -0.15) is 5.10 Å². The highest BCUT2D eigenvalue weighted by Gasteiger charge is 2.15. The van der Waals surface area contributed by atoms with Crippen molar-refractivity contribution < 1.29 is 4.79 Å². The average molecular weight is 301 g/mol. The Balaban J connectivity index is 2.64. The van der Waals surface area contributed by atoms with E-state index in [2.05, 4.69) is 28.0 Å². The Kier molecular flexibility index (Phi) is 5.89. The molecule has 0 spiro atoms. The number of aromatic nitrogens is 2. The molecule has 1 rings (SSSR count). The molecule has 3 nitrogen and oxygen atoms in total. The maximum Gasteiger partial charge on any atom is 0.138 e. The highest BCUT2D eigenvalue weighted by Crippen LogP contribution is 2.22. The smallest absolute Gasteiger partial charge is 0.138 e. The van der Waals surface area contributed by atoms with Crippen molar-refractivity contribution in [3.8, 4) is 0 Å². The van der Waals surface area contributed by atoms with E-state index in [0.717, 1.165) is 41.7 Å². The molecule has 0 atom stereocenters. The Morgan fingerprint density at radius 3 is 2.65 bits per heavy atom. The lowest BCUT2D eigenvalue weighted by molar-refractivity contribution is -0.118. The van der Waals surface area contributed by atoms with Crippen LogP contribution < -0.4 is 0 Å². The molecule has 0 aromatic carbocycles. The van der Waals surface area contributed by atoms with Crippen LogP contribution in [-0.4, -0.2) is 15.6 Å². The van der Waals surface area contributed by atoms with Gasteiger partial charge < -0.3 is 0 Å². The number of aryl methyl sites for hydroxylation is 2. The first-order chi connectivity index (χ1) is 8.10. The first-order valence-electron chi connectivity index (χ1n) is 6.33. The second-order valence-corrected chi connectivity index (χ2v) is 5.13. The standard InChI is InChI=1S/C13H21BrN2O/c1-4-6-7-8-11(17)9-12-13(14)10(3)15-16(12)5-2/h4-9H2,1-3H3. The van der Waals surface area contributed by atoms with Gasteiger partial charge in [0, 0.05) is 19.4 Å². The van der Waals surface area contributed by atoms with Crippen molar-refractivity contribution in [1.82, 2.24) is 9.78 Å². The van der Waals surface area contributed by atoms with E-state index in [0.29, 0.717) is 18.6 Å². The van der Waals surface area contributed by atoms with Gasteiger partial charge in [0.05, 0.1) is 15.9 Å². The van der Waals surface area contributed by atoms with Gasteiger partial charge in [-0.05, 0) is 36.2 Å². The number of hydrogen-bond acceptors (Lipinski definition) is 2. The van der Waals surface area contributed by atoms with Crippen LogP contribution >= 0.6 is 15.9 Å². The molecule has 1 aromatic rings. The Labute approximate surface area is 112 Å². The third-order valence-corrected chi connectivity index (χ3v) is 3.91. The Hall–Kier alpha value is -0.640. The van der Waals surface area contributed by atoms with Gasteiger partial charge in [-0.25, -0.2) is 0 Å². The van der Waals surface area contributed by atoms with Crippen LogP contribution in [0.4, 0.5) is 0 Å². The summed E-state index contributed by atoms with van der Waals surface area (Å²) in [6.07, 6.45) is 4.49. The number of nitrogens with zero attached hydrogens (tertiary/aromatic N) is 2. The first kappa shape index (κ1) is 14.4. The number of ketones is 1. The maximum atomic E-state index is 11.9. The zero-order valence-corrected chi connectivity index (χ0v) is 12.5. The van der Waals surface area contributed by atoms with Crippen LogP contribution in [-0.2, 0) is 17.8 Å². The van der Waals surface area contributed by atoms with E-state index in [1.165, 1.54) is 0 Å². The molecule has 0 fully saturated rings. The Morgan fingerprint density at radius 2 is 2.06 bits per heavy atom. The second kappa shape index (κ2) is 6.94. The summed E-state index contributed by atoms with van der Waals surface area (Å²) in [6, 6.07) is 0. The van der Waals surface area contributed by atoms with Gasteiger partial charge in [-0.3, -0.25) is 9.48 Å². The van der Waals surface area contributed by atoms with Crippen LogP contribution in [0.15, 0.2) is 4.47 Å². The van der Waals surface area contributed by atoms with Crippen LogP contribution in [0.3, 0.4) is 0 Å². The summed E-state index contributed by atoms with van der Waals surface area (Å²) in [7, 11) is 0. The largest absolute Gasteiger partial charge is 0.299 e. The topological polar surface area (TPSA) is 34.9 Å². The minimum atomic E-state index is 0.314. The molecule has 0 N–H and O–H groups in total. The first-order valence-corrected chi connectivity index (χ1v) is 7.12. The normalized spacial score (nSPS) is 10.8. The summed E-state index contributed by atoms with van der Waals surface area (Å²) < 4.78 is 2.90. The van der Waals surface area contributed by atoms with Gasteiger partial charge in [0.1, 0.15) is 5.78 Å². The molecule has 1 heterocycles. The fourth-order valence-electron chi connectivity index (χ4n) is 1.89. The molecule has 4 heteroatoms. The summed E-state index contributed by atoms with van der Waals surface area (Å²) in [5, 5.41) is 4.40. The van der Waals surface area contributed by atoms with Crippen LogP contribution in [0.25, 0.3) is 0 Å². The van der Waals surface area contributed by atoms with E-state index in [1.807, 2.05) is 18.5 Å². The molecular formula is C13H21BrN2O. The van der Waals surface area contributed by atoms with Crippen molar-refractivity contribution >= 4 is 21.7 Å².